The Morgan fingerprint density at radius 3 is 2.59 bits per heavy atom. The normalized spacial score (nSPS) is 14.6. The zero-order chi connectivity index (χ0) is 26.4. The first kappa shape index (κ1) is 25.7. The summed E-state index contributed by atoms with van der Waals surface area (Å²) in [5, 5.41) is 8.88. The summed E-state index contributed by atoms with van der Waals surface area (Å²) in [6.45, 7) is 4.50. The third-order valence-electron chi connectivity index (χ3n) is 5.51. The number of ether oxygens (including phenoxy) is 4. The molecule has 37 heavy (non-hydrogen) atoms. The molecule has 190 valence electrons. The molecule has 2 aromatic carbocycles. The van der Waals surface area contributed by atoms with Gasteiger partial charge in [-0.2, -0.15) is 5.26 Å². The van der Waals surface area contributed by atoms with Gasteiger partial charge in [0.05, 0.1) is 36.5 Å². The van der Waals surface area contributed by atoms with Crippen LogP contribution in [0.2, 0.25) is 0 Å². The molecule has 0 unspecified atom stereocenters. The van der Waals surface area contributed by atoms with Crippen molar-refractivity contribution in [2.45, 2.75) is 19.9 Å². The second kappa shape index (κ2) is 11.6. The van der Waals surface area contributed by atoms with Crippen molar-refractivity contribution < 1.29 is 23.7 Å². The average molecular weight is 520 g/mol. The lowest BCUT2D eigenvalue weighted by atomic mass is 9.97. The topological polar surface area (TPSA) is 112 Å². The average Bonchev–Trinajstić information content (AvgIpc) is 3.23. The number of carbonyl (C=O) groups excluding carboxylic acids is 1. The number of benzene rings is 2. The number of nitriles is 1. The molecule has 0 saturated carbocycles. The van der Waals surface area contributed by atoms with Gasteiger partial charge in [0.2, 0.25) is 0 Å². The highest BCUT2D eigenvalue weighted by Gasteiger charge is 2.31. The number of hydrogen-bond acceptors (Lipinski definition) is 9. The van der Waals surface area contributed by atoms with Crippen molar-refractivity contribution in [3.05, 3.63) is 85.1 Å². The fraction of sp³-hybridized carbons (Fsp3) is 0.259. The quantitative estimate of drug-likeness (QED) is 0.400. The number of methoxy groups -OCH3 is 1. The van der Waals surface area contributed by atoms with E-state index >= 15 is 0 Å². The SMILES string of the molecule is CCOc1ccc([C@H]2C(C(=O)OC)=CN=c3s/c(=C\c4ccccc4OCC#N)c(=O)n32)cc1OCC. The van der Waals surface area contributed by atoms with Crippen LogP contribution >= 0.6 is 11.3 Å². The molecular weight excluding hydrogens is 494 g/mol. The molecule has 0 N–H and O–H groups in total. The van der Waals surface area contributed by atoms with Crippen molar-refractivity contribution >= 4 is 23.4 Å². The van der Waals surface area contributed by atoms with Gasteiger partial charge in [0.1, 0.15) is 11.8 Å². The Morgan fingerprint density at radius 2 is 1.86 bits per heavy atom. The van der Waals surface area contributed by atoms with Gasteiger partial charge in [-0.25, -0.2) is 9.79 Å². The van der Waals surface area contributed by atoms with Crippen LogP contribution in [-0.2, 0) is 9.53 Å². The molecule has 0 saturated heterocycles. The van der Waals surface area contributed by atoms with Crippen molar-refractivity contribution in [1.29, 1.82) is 5.26 Å². The molecule has 0 amide bonds. The Labute approximate surface area is 217 Å². The number of thiazole rings is 1. The van der Waals surface area contributed by atoms with E-state index in [1.807, 2.05) is 26.0 Å². The first-order valence-electron chi connectivity index (χ1n) is 11.6. The van der Waals surface area contributed by atoms with E-state index in [1.54, 1.807) is 42.5 Å². The largest absolute Gasteiger partial charge is 0.490 e. The van der Waals surface area contributed by atoms with E-state index in [0.29, 0.717) is 50.9 Å². The molecule has 1 aliphatic heterocycles. The zero-order valence-corrected chi connectivity index (χ0v) is 21.4. The molecule has 0 aliphatic carbocycles. The second-order valence-electron chi connectivity index (χ2n) is 7.73. The molecule has 2 heterocycles. The first-order chi connectivity index (χ1) is 18.0. The number of fused-ring (bicyclic) bond motifs is 1. The summed E-state index contributed by atoms with van der Waals surface area (Å²) in [6, 6.07) is 13.6. The fourth-order valence-corrected chi connectivity index (χ4v) is 4.93. The number of carbonyl (C=O) groups is 1. The van der Waals surface area contributed by atoms with Crippen LogP contribution in [0.25, 0.3) is 6.08 Å². The lowest BCUT2D eigenvalue weighted by molar-refractivity contribution is -0.136. The van der Waals surface area contributed by atoms with E-state index in [-0.39, 0.29) is 17.7 Å². The first-order valence-corrected chi connectivity index (χ1v) is 12.4. The maximum atomic E-state index is 13.7. The third kappa shape index (κ3) is 5.27. The third-order valence-corrected chi connectivity index (χ3v) is 6.50. The van der Waals surface area contributed by atoms with Gasteiger partial charge >= 0.3 is 5.97 Å². The number of aromatic nitrogens is 1. The maximum Gasteiger partial charge on any atom is 0.337 e. The van der Waals surface area contributed by atoms with Gasteiger partial charge < -0.3 is 18.9 Å². The summed E-state index contributed by atoms with van der Waals surface area (Å²) in [5.74, 6) is 0.964. The minimum absolute atomic E-state index is 0.117. The Bertz CT molecular complexity index is 1560. The molecule has 0 bridgehead atoms. The van der Waals surface area contributed by atoms with Gasteiger partial charge in [-0.3, -0.25) is 9.36 Å². The summed E-state index contributed by atoms with van der Waals surface area (Å²) in [6.07, 6.45) is 3.13. The van der Waals surface area contributed by atoms with E-state index in [1.165, 1.54) is 29.2 Å². The number of para-hydroxylation sites is 1. The predicted octanol–water partition coefficient (Wildman–Crippen LogP) is 2.72. The van der Waals surface area contributed by atoms with Crippen molar-refractivity contribution in [2.24, 2.45) is 4.99 Å². The Morgan fingerprint density at radius 1 is 1.11 bits per heavy atom. The van der Waals surface area contributed by atoms with Gasteiger partial charge in [0, 0.05) is 11.8 Å². The fourth-order valence-electron chi connectivity index (χ4n) is 3.97. The number of hydrogen-bond donors (Lipinski definition) is 0. The van der Waals surface area contributed by atoms with Crippen LogP contribution in [0.1, 0.15) is 31.0 Å². The highest BCUT2D eigenvalue weighted by atomic mass is 32.1. The second-order valence-corrected chi connectivity index (χ2v) is 8.74. The Hall–Kier alpha value is -4.36. The van der Waals surface area contributed by atoms with E-state index < -0.39 is 12.0 Å². The zero-order valence-electron chi connectivity index (χ0n) is 20.6. The highest BCUT2D eigenvalue weighted by molar-refractivity contribution is 7.07. The summed E-state index contributed by atoms with van der Waals surface area (Å²) >= 11 is 1.19. The molecule has 9 nitrogen and oxygen atoms in total. The number of rotatable bonds is 9. The van der Waals surface area contributed by atoms with Crippen molar-refractivity contribution in [3.63, 3.8) is 0 Å². The van der Waals surface area contributed by atoms with Crippen LogP contribution in [0, 0.1) is 11.3 Å². The molecule has 0 fully saturated rings. The number of nitrogens with zero attached hydrogens (tertiary/aromatic N) is 3. The smallest absolute Gasteiger partial charge is 0.337 e. The van der Waals surface area contributed by atoms with E-state index in [2.05, 4.69) is 4.99 Å². The Balaban J connectivity index is 1.89. The van der Waals surface area contributed by atoms with Crippen molar-refractivity contribution in [3.8, 4) is 23.3 Å². The van der Waals surface area contributed by atoms with Gasteiger partial charge in [0.25, 0.3) is 5.56 Å². The van der Waals surface area contributed by atoms with Crippen LogP contribution < -0.4 is 29.1 Å². The van der Waals surface area contributed by atoms with Crippen LogP contribution in [0.4, 0.5) is 0 Å². The van der Waals surface area contributed by atoms with Crippen molar-refractivity contribution in [1.82, 2.24) is 4.57 Å². The maximum absolute atomic E-state index is 13.7. The van der Waals surface area contributed by atoms with Crippen LogP contribution in [0.5, 0.6) is 17.2 Å². The lowest BCUT2D eigenvalue weighted by Gasteiger charge is -2.23. The minimum Gasteiger partial charge on any atom is -0.490 e. The van der Waals surface area contributed by atoms with E-state index in [4.69, 9.17) is 24.2 Å². The molecule has 4 rings (SSSR count). The van der Waals surface area contributed by atoms with Gasteiger partial charge in [0.15, 0.2) is 22.9 Å². The molecule has 1 aliphatic rings. The highest BCUT2D eigenvalue weighted by Crippen LogP contribution is 2.35. The van der Waals surface area contributed by atoms with E-state index in [9.17, 15) is 9.59 Å². The number of esters is 1. The lowest BCUT2D eigenvalue weighted by Crippen LogP contribution is -2.39. The molecule has 3 aromatic rings. The van der Waals surface area contributed by atoms with Crippen LogP contribution in [0.15, 0.2) is 64.0 Å². The predicted molar refractivity (Wildman–Crippen MR) is 137 cm³/mol. The van der Waals surface area contributed by atoms with Crippen LogP contribution in [-0.4, -0.2) is 37.5 Å². The summed E-state index contributed by atoms with van der Waals surface area (Å²) in [4.78, 5) is 31.3. The van der Waals surface area contributed by atoms with Gasteiger partial charge in [-0.15, -0.1) is 0 Å². The summed E-state index contributed by atoms with van der Waals surface area (Å²) in [5.41, 5.74) is 1.17. The summed E-state index contributed by atoms with van der Waals surface area (Å²) in [7, 11) is 1.29. The molecular formula is C27H25N3O6S. The standard InChI is InChI=1S/C27H25N3O6S/c1-4-34-21-11-10-18(14-22(21)35-5-2)24-19(26(32)33-3)16-29-27-30(24)25(31)23(37-27)15-17-8-6-7-9-20(17)36-13-12-28/h6-11,14-16,24H,4-5,13H2,1-3H3/b23-15-/t24-/m0/s1. The van der Waals surface area contributed by atoms with Crippen LogP contribution in [0.3, 0.4) is 0 Å². The monoisotopic (exact) mass is 519 g/mol. The van der Waals surface area contributed by atoms with Crippen molar-refractivity contribution in [2.75, 3.05) is 26.9 Å². The minimum atomic E-state index is -0.786. The van der Waals surface area contributed by atoms with Gasteiger partial charge in [-0.05, 0) is 43.7 Å². The molecule has 1 atom stereocenters. The summed E-state index contributed by atoms with van der Waals surface area (Å²) < 4.78 is 23.8. The molecule has 10 heteroatoms. The molecule has 0 spiro atoms. The Kier molecular flexibility index (Phi) is 8.05. The molecule has 1 aromatic heterocycles. The van der Waals surface area contributed by atoms with Gasteiger partial charge in [-0.1, -0.05) is 35.6 Å². The molecule has 0 radical (unpaired) electrons. The van der Waals surface area contributed by atoms with E-state index in [0.717, 1.165) is 0 Å².